The van der Waals surface area contributed by atoms with Crippen LogP contribution in [0, 0.1) is 23.7 Å². The average Bonchev–Trinajstić information content (AvgIpc) is 3.53. The fourth-order valence-electron chi connectivity index (χ4n) is 9.36. The van der Waals surface area contributed by atoms with E-state index in [2.05, 4.69) is 12.0 Å². The number of phenolic OH excluding ortho intramolecular Hbond substituents is 1. The van der Waals surface area contributed by atoms with Crippen LogP contribution in [-0.4, -0.2) is 63.4 Å². The highest BCUT2D eigenvalue weighted by atomic mass is 35.5. The van der Waals surface area contributed by atoms with Crippen LogP contribution in [0.5, 0.6) is 11.5 Å². The maximum Gasteiger partial charge on any atom is 0.303 e. The number of aliphatic carboxylic acids is 1. The number of ether oxygens (including phenoxy) is 1. The molecule has 0 unspecified atom stereocenters. The van der Waals surface area contributed by atoms with Crippen molar-refractivity contribution in [3.63, 3.8) is 0 Å². The molecule has 55 heavy (non-hydrogen) atoms. The topological polar surface area (TPSA) is 154 Å². The quantitative estimate of drug-likeness (QED) is 0.0939. The van der Waals surface area contributed by atoms with Gasteiger partial charge in [0, 0.05) is 29.5 Å². The first kappa shape index (κ1) is 38.2. The number of anilines is 1. The molecule has 2 aliphatic heterocycles. The van der Waals surface area contributed by atoms with Crippen LogP contribution in [-0.2, 0) is 35.8 Å². The molecule has 0 spiro atoms. The number of hydrazine groups is 1. The van der Waals surface area contributed by atoms with Crippen LogP contribution < -0.4 is 10.2 Å². The number of carbonyl (C=O) groups excluding carboxylic acids is 4. The lowest BCUT2D eigenvalue weighted by atomic mass is 9.49. The van der Waals surface area contributed by atoms with Gasteiger partial charge < -0.3 is 14.9 Å². The molecule has 1 saturated carbocycles. The molecule has 0 radical (unpaired) electrons. The summed E-state index contributed by atoms with van der Waals surface area (Å²) in [5.74, 6) is -6.24. The van der Waals surface area contributed by atoms with Crippen molar-refractivity contribution >= 4 is 58.5 Å². The molecule has 3 aromatic carbocycles. The highest BCUT2D eigenvalue weighted by molar-refractivity contribution is 6.36. The molecule has 13 heteroatoms. The lowest BCUT2D eigenvalue weighted by Crippen LogP contribution is -2.53. The van der Waals surface area contributed by atoms with Crippen molar-refractivity contribution in [2.45, 2.75) is 56.3 Å². The summed E-state index contributed by atoms with van der Waals surface area (Å²) in [5, 5.41) is 22.6. The molecule has 2 heterocycles. The van der Waals surface area contributed by atoms with E-state index >= 15 is 4.79 Å². The number of fused-ring (bicyclic) bond motifs is 4. The van der Waals surface area contributed by atoms with E-state index in [1.54, 1.807) is 60.7 Å². The van der Waals surface area contributed by atoms with Crippen molar-refractivity contribution in [1.29, 1.82) is 0 Å². The third-order valence-corrected chi connectivity index (χ3v) is 12.3. The van der Waals surface area contributed by atoms with Crippen molar-refractivity contribution in [3.8, 4) is 11.5 Å². The number of aromatic hydroxyl groups is 1. The number of likely N-dealkylation sites (tertiary alicyclic amines) is 1. The van der Waals surface area contributed by atoms with E-state index in [0.29, 0.717) is 58.7 Å². The van der Waals surface area contributed by atoms with Gasteiger partial charge in [-0.15, -0.1) is 6.58 Å². The second-order valence-electron chi connectivity index (χ2n) is 14.6. The summed E-state index contributed by atoms with van der Waals surface area (Å²) in [6.45, 7) is 4.01. The zero-order chi connectivity index (χ0) is 39.2. The normalized spacial score (nSPS) is 25.7. The van der Waals surface area contributed by atoms with Gasteiger partial charge in [0.25, 0.3) is 11.8 Å². The number of carbonyl (C=O) groups is 5. The molecule has 2 saturated heterocycles. The summed E-state index contributed by atoms with van der Waals surface area (Å²) in [5.41, 5.74) is 3.83. The number of halogens is 2. The minimum atomic E-state index is -1.62. The lowest BCUT2D eigenvalue weighted by molar-refractivity contribution is -0.141. The Labute approximate surface area is 328 Å². The number of carboxylic acid groups (broad SMARTS) is 1. The zero-order valence-corrected chi connectivity index (χ0v) is 31.7. The SMILES string of the molecule is C=CCc1cccc([C@H]2C3=CC[C@@H]4C(=O)N(CCCCCC(=O)O)C(=O)[C@@H]4[C@@H]3C[C@H]3C(=O)N(Nc4ccc(Cl)cc4Cl)C(=O)[C@@]23c2ccc(OC)cc2)c1O. The number of benzene rings is 3. The van der Waals surface area contributed by atoms with Gasteiger partial charge in [-0.05, 0) is 79.5 Å². The maximum atomic E-state index is 15.5. The van der Waals surface area contributed by atoms with Gasteiger partial charge in [0.1, 0.15) is 11.5 Å². The highest BCUT2D eigenvalue weighted by Crippen LogP contribution is 2.65. The number of phenols is 1. The molecule has 4 aliphatic rings. The molecule has 11 nitrogen and oxygen atoms in total. The van der Waals surface area contributed by atoms with E-state index in [-0.39, 0.29) is 54.1 Å². The maximum absolute atomic E-state index is 15.5. The Morgan fingerprint density at radius 3 is 2.45 bits per heavy atom. The molecule has 6 atom stereocenters. The highest BCUT2D eigenvalue weighted by Gasteiger charge is 2.70. The molecule has 286 valence electrons. The summed E-state index contributed by atoms with van der Waals surface area (Å²) in [4.78, 5) is 70.9. The van der Waals surface area contributed by atoms with Crippen LogP contribution in [0.4, 0.5) is 5.69 Å². The summed E-state index contributed by atoms with van der Waals surface area (Å²) in [6, 6.07) is 16.9. The van der Waals surface area contributed by atoms with Gasteiger partial charge in [-0.2, -0.15) is 5.01 Å². The predicted octanol–water partition coefficient (Wildman–Crippen LogP) is 7.07. The molecule has 3 aromatic rings. The van der Waals surface area contributed by atoms with Gasteiger partial charge in [0.15, 0.2) is 0 Å². The summed E-state index contributed by atoms with van der Waals surface area (Å²) >= 11 is 12.7. The van der Waals surface area contributed by atoms with Gasteiger partial charge in [0.2, 0.25) is 11.8 Å². The summed E-state index contributed by atoms with van der Waals surface area (Å²) in [6.07, 6.45) is 5.68. The van der Waals surface area contributed by atoms with E-state index in [1.165, 1.54) is 18.1 Å². The molecule has 0 aromatic heterocycles. The van der Waals surface area contributed by atoms with Crippen molar-refractivity contribution in [3.05, 3.63) is 112 Å². The zero-order valence-electron chi connectivity index (χ0n) is 30.2. The third kappa shape index (κ3) is 6.37. The largest absolute Gasteiger partial charge is 0.507 e. The van der Waals surface area contributed by atoms with Crippen molar-refractivity contribution in [1.82, 2.24) is 9.91 Å². The number of carboxylic acids is 1. The minimum absolute atomic E-state index is 0.00487. The third-order valence-electron chi connectivity index (χ3n) is 11.8. The second-order valence-corrected chi connectivity index (χ2v) is 15.4. The Hall–Kier alpha value is -5.13. The van der Waals surface area contributed by atoms with Crippen LogP contribution in [0.1, 0.15) is 61.1 Å². The smallest absolute Gasteiger partial charge is 0.303 e. The Morgan fingerprint density at radius 1 is 1.00 bits per heavy atom. The molecule has 3 fully saturated rings. The van der Waals surface area contributed by atoms with E-state index in [1.807, 2.05) is 6.08 Å². The molecular weight excluding hydrogens is 745 g/mol. The number of rotatable bonds is 13. The van der Waals surface area contributed by atoms with Crippen LogP contribution in [0.25, 0.3) is 0 Å². The summed E-state index contributed by atoms with van der Waals surface area (Å²) < 4.78 is 5.47. The Bertz CT molecular complexity index is 2120. The number of hydrogen-bond donors (Lipinski definition) is 3. The van der Waals surface area contributed by atoms with Gasteiger partial charge in [-0.25, -0.2) is 0 Å². The molecular formula is C42H41Cl2N3O8. The van der Waals surface area contributed by atoms with Gasteiger partial charge >= 0.3 is 5.97 Å². The van der Waals surface area contributed by atoms with Crippen molar-refractivity contribution in [2.75, 3.05) is 19.1 Å². The number of amides is 4. The first-order chi connectivity index (χ1) is 26.4. The monoisotopic (exact) mass is 785 g/mol. The number of methoxy groups -OCH3 is 1. The molecule has 0 bridgehead atoms. The van der Waals surface area contributed by atoms with E-state index in [0.717, 1.165) is 5.01 Å². The number of para-hydroxylation sites is 1. The standard InChI is InChI=1S/C42H41Cl2N3O8/c1-3-8-23-9-7-10-29(37(23)50)36-27-17-18-28-35(40(53)46(38(28)51)20-6-4-5-11-34(48)49)30(27)22-31-39(52)47(45-33-19-14-25(43)21-32(33)44)41(54)42(31,36)24-12-15-26(55-2)16-13-24/h3,7,9-10,12-17,19,21,28,30-31,35-36,45,50H,1,4-6,8,11,18,20,22H2,2H3,(H,48,49)/t28-,30+,31-,35-,36+,42+/m0/s1. The van der Waals surface area contributed by atoms with Crippen LogP contribution in [0.3, 0.4) is 0 Å². The number of unbranched alkanes of at least 4 members (excludes halogenated alkanes) is 2. The fraction of sp³-hybridized carbons (Fsp3) is 0.357. The second kappa shape index (κ2) is 15.2. The fourth-order valence-corrected chi connectivity index (χ4v) is 9.81. The first-order valence-corrected chi connectivity index (χ1v) is 19.1. The van der Waals surface area contributed by atoms with Crippen LogP contribution in [0.15, 0.2) is 85.0 Å². The average molecular weight is 787 g/mol. The van der Waals surface area contributed by atoms with Crippen LogP contribution >= 0.6 is 23.2 Å². The van der Waals surface area contributed by atoms with Crippen molar-refractivity contribution < 1.29 is 38.9 Å². The number of hydrogen-bond acceptors (Lipinski definition) is 8. The van der Waals surface area contributed by atoms with Crippen LogP contribution in [0.2, 0.25) is 10.0 Å². The number of nitrogens with zero attached hydrogens (tertiary/aromatic N) is 2. The Balaban J connectivity index is 1.39. The predicted molar refractivity (Wildman–Crippen MR) is 205 cm³/mol. The van der Waals surface area contributed by atoms with Gasteiger partial charge in [-0.3, -0.25) is 34.3 Å². The summed E-state index contributed by atoms with van der Waals surface area (Å²) in [7, 11) is 1.53. The minimum Gasteiger partial charge on any atom is -0.507 e. The number of allylic oxidation sites excluding steroid dienone is 3. The molecule has 2 aliphatic carbocycles. The lowest BCUT2D eigenvalue weighted by Gasteiger charge is -2.50. The van der Waals surface area contributed by atoms with E-state index in [4.69, 9.17) is 33.0 Å². The van der Waals surface area contributed by atoms with Gasteiger partial charge in [0.05, 0.1) is 41.0 Å². The van der Waals surface area contributed by atoms with E-state index in [9.17, 15) is 24.3 Å². The molecule has 4 amide bonds. The van der Waals surface area contributed by atoms with Gasteiger partial charge in [-0.1, -0.05) is 77.7 Å². The molecule has 7 rings (SSSR count). The van der Waals surface area contributed by atoms with Crippen molar-refractivity contribution in [2.24, 2.45) is 23.7 Å². The molecule has 3 N–H and O–H groups in total. The van der Waals surface area contributed by atoms with E-state index < -0.39 is 52.8 Å². The number of nitrogens with one attached hydrogen (secondary N) is 1. The first-order valence-electron chi connectivity index (χ1n) is 18.4. The Kier molecular flexibility index (Phi) is 10.5. The number of imide groups is 2. The Morgan fingerprint density at radius 2 is 1.76 bits per heavy atom.